The maximum Gasteiger partial charge on any atom is 0.335 e. The van der Waals surface area contributed by atoms with Crippen LogP contribution < -0.4 is 4.74 Å². The Hall–Kier alpha value is -1.95. The molecular weight excluding hydrogens is 305 g/mol. The van der Waals surface area contributed by atoms with Gasteiger partial charge in [-0.25, -0.2) is 14.2 Å². The van der Waals surface area contributed by atoms with Crippen molar-refractivity contribution in [3.05, 3.63) is 52.4 Å². The van der Waals surface area contributed by atoms with E-state index in [1.54, 1.807) is 6.07 Å². The van der Waals surface area contributed by atoms with Gasteiger partial charge in [-0.3, -0.25) is 0 Å². The van der Waals surface area contributed by atoms with Crippen molar-refractivity contribution in [2.24, 2.45) is 0 Å². The largest absolute Gasteiger partial charge is 0.478 e. The fraction of sp³-hybridized carbons (Fsp3) is 0. The molecule has 0 aliphatic carbocycles. The molecule has 4 nitrogen and oxygen atoms in total. The molecular formula is C12H7BrFNO3. The number of ether oxygens (including phenoxy) is 1. The Labute approximate surface area is 110 Å². The summed E-state index contributed by atoms with van der Waals surface area (Å²) in [4.78, 5) is 14.6. The van der Waals surface area contributed by atoms with Gasteiger partial charge >= 0.3 is 5.97 Å². The van der Waals surface area contributed by atoms with Crippen LogP contribution in [0.4, 0.5) is 4.39 Å². The highest BCUT2D eigenvalue weighted by atomic mass is 79.9. The molecule has 0 spiro atoms. The molecule has 1 N–H and O–H groups in total. The van der Waals surface area contributed by atoms with Crippen molar-refractivity contribution in [2.45, 2.75) is 0 Å². The Morgan fingerprint density at radius 2 is 2.11 bits per heavy atom. The number of rotatable bonds is 3. The maximum atomic E-state index is 13.5. The van der Waals surface area contributed by atoms with Gasteiger partial charge in [-0.05, 0) is 24.3 Å². The topological polar surface area (TPSA) is 59.4 Å². The molecule has 1 heterocycles. The van der Waals surface area contributed by atoms with E-state index in [1.807, 2.05) is 0 Å². The van der Waals surface area contributed by atoms with Crippen LogP contribution in [-0.4, -0.2) is 16.1 Å². The summed E-state index contributed by atoms with van der Waals surface area (Å²) < 4.78 is 19.3. The molecule has 0 aliphatic rings. The highest BCUT2D eigenvalue weighted by Gasteiger charge is 2.09. The maximum absolute atomic E-state index is 13.5. The van der Waals surface area contributed by atoms with E-state index in [1.165, 1.54) is 30.5 Å². The summed E-state index contributed by atoms with van der Waals surface area (Å²) in [5.41, 5.74) is 0.0255. The lowest BCUT2D eigenvalue weighted by Crippen LogP contribution is -1.98. The van der Waals surface area contributed by atoms with Gasteiger partial charge in [0.15, 0.2) is 11.6 Å². The number of halogens is 2. The minimum atomic E-state index is -1.10. The SMILES string of the molecule is O=C(O)c1ccnc(Oc2ccc(Br)cc2F)c1. The number of carboxylic acids is 1. The molecule has 1 aromatic heterocycles. The van der Waals surface area contributed by atoms with Gasteiger partial charge < -0.3 is 9.84 Å². The van der Waals surface area contributed by atoms with Crippen LogP contribution in [0.15, 0.2) is 41.0 Å². The normalized spacial score (nSPS) is 10.1. The molecule has 2 aromatic rings. The molecule has 0 bridgehead atoms. The Balaban J connectivity index is 2.28. The molecule has 0 unspecified atom stereocenters. The van der Waals surface area contributed by atoms with Gasteiger partial charge in [-0.15, -0.1) is 0 Å². The first-order valence-corrected chi connectivity index (χ1v) is 5.68. The summed E-state index contributed by atoms with van der Waals surface area (Å²) in [7, 11) is 0. The summed E-state index contributed by atoms with van der Waals surface area (Å²) in [6.45, 7) is 0. The zero-order valence-corrected chi connectivity index (χ0v) is 10.5. The second kappa shape index (κ2) is 5.14. The minimum Gasteiger partial charge on any atom is -0.478 e. The lowest BCUT2D eigenvalue weighted by molar-refractivity contribution is 0.0696. The van der Waals surface area contributed by atoms with E-state index in [0.29, 0.717) is 4.47 Å². The summed E-state index contributed by atoms with van der Waals surface area (Å²) >= 11 is 3.12. The van der Waals surface area contributed by atoms with Crippen molar-refractivity contribution in [3.8, 4) is 11.6 Å². The van der Waals surface area contributed by atoms with Crippen LogP contribution in [0.2, 0.25) is 0 Å². The van der Waals surface area contributed by atoms with Crippen molar-refractivity contribution in [2.75, 3.05) is 0 Å². The van der Waals surface area contributed by atoms with Crippen molar-refractivity contribution in [1.29, 1.82) is 0 Å². The van der Waals surface area contributed by atoms with E-state index < -0.39 is 11.8 Å². The number of carboxylic acid groups (broad SMARTS) is 1. The van der Waals surface area contributed by atoms with E-state index in [-0.39, 0.29) is 17.2 Å². The first kappa shape index (κ1) is 12.5. The van der Waals surface area contributed by atoms with E-state index in [9.17, 15) is 9.18 Å². The number of carbonyl (C=O) groups is 1. The van der Waals surface area contributed by atoms with Crippen LogP contribution in [0, 0.1) is 5.82 Å². The fourth-order valence-corrected chi connectivity index (χ4v) is 1.60. The molecule has 2 rings (SSSR count). The van der Waals surface area contributed by atoms with E-state index in [4.69, 9.17) is 9.84 Å². The average molecular weight is 312 g/mol. The average Bonchev–Trinajstić information content (AvgIpc) is 2.33. The molecule has 0 atom stereocenters. The zero-order chi connectivity index (χ0) is 13.1. The Kier molecular flexibility index (Phi) is 3.57. The van der Waals surface area contributed by atoms with Gasteiger partial charge in [-0.2, -0.15) is 0 Å². The molecule has 1 aromatic carbocycles. The quantitative estimate of drug-likeness (QED) is 0.943. The third kappa shape index (κ3) is 2.84. The summed E-state index contributed by atoms with van der Waals surface area (Å²) in [6, 6.07) is 6.83. The molecule has 0 amide bonds. The van der Waals surface area contributed by atoms with Crippen LogP contribution in [0.1, 0.15) is 10.4 Å². The van der Waals surface area contributed by atoms with E-state index >= 15 is 0 Å². The van der Waals surface area contributed by atoms with Crippen LogP contribution in [0.5, 0.6) is 11.6 Å². The molecule has 6 heteroatoms. The third-order valence-corrected chi connectivity index (χ3v) is 2.58. The highest BCUT2D eigenvalue weighted by molar-refractivity contribution is 9.10. The van der Waals surface area contributed by atoms with E-state index in [2.05, 4.69) is 20.9 Å². The Morgan fingerprint density at radius 3 is 2.78 bits per heavy atom. The third-order valence-electron chi connectivity index (χ3n) is 2.09. The van der Waals surface area contributed by atoms with Gasteiger partial charge in [0.05, 0.1) is 5.56 Å². The monoisotopic (exact) mass is 311 g/mol. The lowest BCUT2D eigenvalue weighted by Gasteiger charge is -2.06. The molecule has 0 aliphatic heterocycles. The number of nitrogens with zero attached hydrogens (tertiary/aromatic N) is 1. The standard InChI is InChI=1S/C12H7BrFNO3/c13-8-1-2-10(9(14)6-8)18-11-5-7(12(16)17)3-4-15-11/h1-6H,(H,16,17). The molecule has 18 heavy (non-hydrogen) atoms. The second-order valence-corrected chi connectivity index (χ2v) is 4.28. The number of benzene rings is 1. The predicted molar refractivity (Wildman–Crippen MR) is 65.4 cm³/mol. The number of pyridine rings is 1. The number of hydrogen-bond acceptors (Lipinski definition) is 3. The molecule has 0 saturated carbocycles. The smallest absolute Gasteiger partial charge is 0.335 e. The first-order valence-electron chi connectivity index (χ1n) is 4.88. The zero-order valence-electron chi connectivity index (χ0n) is 8.93. The molecule has 92 valence electrons. The minimum absolute atomic E-state index is 0.0201. The van der Waals surface area contributed by atoms with Gasteiger partial charge in [0.1, 0.15) is 0 Å². The lowest BCUT2D eigenvalue weighted by atomic mass is 10.3. The first-order chi connectivity index (χ1) is 8.56. The summed E-state index contributed by atoms with van der Waals surface area (Å²) in [5, 5.41) is 8.80. The van der Waals surface area contributed by atoms with Crippen LogP contribution in [-0.2, 0) is 0 Å². The molecule has 0 radical (unpaired) electrons. The Bertz CT molecular complexity index is 604. The molecule has 0 fully saturated rings. The van der Waals surface area contributed by atoms with Crippen molar-refractivity contribution in [1.82, 2.24) is 4.98 Å². The van der Waals surface area contributed by atoms with Crippen molar-refractivity contribution < 1.29 is 19.0 Å². The van der Waals surface area contributed by atoms with Gasteiger partial charge in [-0.1, -0.05) is 15.9 Å². The van der Waals surface area contributed by atoms with Crippen LogP contribution in [0.25, 0.3) is 0 Å². The van der Waals surface area contributed by atoms with Crippen LogP contribution >= 0.6 is 15.9 Å². The molecule has 0 saturated heterocycles. The van der Waals surface area contributed by atoms with Crippen molar-refractivity contribution in [3.63, 3.8) is 0 Å². The van der Waals surface area contributed by atoms with Crippen molar-refractivity contribution >= 4 is 21.9 Å². The van der Waals surface area contributed by atoms with Gasteiger partial charge in [0.2, 0.25) is 5.88 Å². The number of aromatic nitrogens is 1. The van der Waals surface area contributed by atoms with Gasteiger partial charge in [0.25, 0.3) is 0 Å². The number of hydrogen-bond donors (Lipinski definition) is 1. The second-order valence-electron chi connectivity index (χ2n) is 3.36. The predicted octanol–water partition coefficient (Wildman–Crippen LogP) is 3.47. The summed E-state index contributed by atoms with van der Waals surface area (Å²) in [6.07, 6.45) is 1.29. The number of aromatic carboxylic acids is 1. The fourth-order valence-electron chi connectivity index (χ4n) is 1.27. The van der Waals surface area contributed by atoms with Gasteiger partial charge in [0, 0.05) is 16.7 Å². The Morgan fingerprint density at radius 1 is 1.33 bits per heavy atom. The van der Waals surface area contributed by atoms with Crippen LogP contribution in [0.3, 0.4) is 0 Å². The highest BCUT2D eigenvalue weighted by Crippen LogP contribution is 2.25. The summed E-state index contributed by atoms with van der Waals surface area (Å²) in [5.74, 6) is -1.66. The van der Waals surface area contributed by atoms with E-state index in [0.717, 1.165) is 0 Å².